The molecular formula is C21H22N4O3. The highest BCUT2D eigenvalue weighted by atomic mass is 16.5. The molecule has 2 bridgehead atoms. The van der Waals surface area contributed by atoms with Crippen molar-refractivity contribution in [1.82, 2.24) is 19.5 Å². The second kappa shape index (κ2) is 6.60. The molecule has 2 aliphatic heterocycles. The Bertz CT molecular complexity index is 1040. The molecule has 28 heavy (non-hydrogen) atoms. The van der Waals surface area contributed by atoms with E-state index in [4.69, 9.17) is 14.6 Å². The minimum atomic E-state index is 0.0557. The number of carbonyl (C=O) groups excluding carboxylic acids is 1. The van der Waals surface area contributed by atoms with Gasteiger partial charge in [-0.05, 0) is 37.1 Å². The second-order valence-corrected chi connectivity index (χ2v) is 7.37. The first kappa shape index (κ1) is 17.2. The predicted octanol–water partition coefficient (Wildman–Crippen LogP) is 2.64. The lowest BCUT2D eigenvalue weighted by atomic mass is 9.99. The van der Waals surface area contributed by atoms with Gasteiger partial charge < -0.3 is 14.4 Å². The van der Waals surface area contributed by atoms with Crippen LogP contribution in [0.1, 0.15) is 30.1 Å². The molecule has 1 aromatic carbocycles. The van der Waals surface area contributed by atoms with Gasteiger partial charge in [0.2, 0.25) is 5.91 Å². The Morgan fingerprint density at radius 2 is 2.04 bits per heavy atom. The van der Waals surface area contributed by atoms with E-state index in [0.29, 0.717) is 0 Å². The first-order valence-corrected chi connectivity index (χ1v) is 9.51. The number of nitrogens with zero attached hydrogens (tertiary/aromatic N) is 4. The molecular weight excluding hydrogens is 356 g/mol. The third-order valence-corrected chi connectivity index (χ3v) is 5.85. The summed E-state index contributed by atoms with van der Waals surface area (Å²) in [6.07, 6.45) is 4.68. The molecule has 2 atom stereocenters. The second-order valence-electron chi connectivity index (χ2n) is 7.37. The lowest BCUT2D eigenvalue weighted by Gasteiger charge is -2.36. The molecule has 2 aliphatic rings. The summed E-state index contributed by atoms with van der Waals surface area (Å²) in [4.78, 5) is 19.2. The first-order chi connectivity index (χ1) is 13.7. The highest BCUT2D eigenvalue weighted by molar-refractivity contribution is 5.79. The molecule has 7 nitrogen and oxygen atoms in total. The number of amides is 1. The van der Waals surface area contributed by atoms with Crippen molar-refractivity contribution in [3.8, 4) is 17.0 Å². The van der Waals surface area contributed by atoms with Crippen LogP contribution in [0, 0.1) is 0 Å². The molecule has 1 amide bonds. The lowest BCUT2D eigenvalue weighted by Crippen LogP contribution is -2.44. The molecule has 0 radical (unpaired) electrons. The Labute approximate surface area is 162 Å². The van der Waals surface area contributed by atoms with Crippen molar-refractivity contribution in [2.24, 2.45) is 0 Å². The fourth-order valence-corrected chi connectivity index (χ4v) is 4.57. The van der Waals surface area contributed by atoms with E-state index in [-0.39, 0.29) is 24.6 Å². The zero-order valence-corrected chi connectivity index (χ0v) is 16.0. The maximum absolute atomic E-state index is 12.5. The average Bonchev–Trinajstić information content (AvgIpc) is 3.29. The van der Waals surface area contributed by atoms with Gasteiger partial charge in [0.25, 0.3) is 0 Å². The van der Waals surface area contributed by atoms with Crippen LogP contribution in [0.25, 0.3) is 16.9 Å². The quantitative estimate of drug-likeness (QED) is 0.698. The minimum Gasteiger partial charge on any atom is -0.497 e. The van der Waals surface area contributed by atoms with Crippen molar-refractivity contribution in [3.05, 3.63) is 47.8 Å². The fourth-order valence-electron chi connectivity index (χ4n) is 4.57. The van der Waals surface area contributed by atoms with Crippen molar-refractivity contribution in [3.63, 3.8) is 0 Å². The molecule has 0 spiro atoms. The summed E-state index contributed by atoms with van der Waals surface area (Å²) in [5.74, 6) is 0.876. The number of ether oxygens (including phenoxy) is 2. The van der Waals surface area contributed by atoms with Crippen LogP contribution < -0.4 is 4.74 Å². The third kappa shape index (κ3) is 2.57. The first-order valence-electron chi connectivity index (χ1n) is 9.51. The number of rotatable bonds is 4. The molecule has 3 aromatic rings. The van der Waals surface area contributed by atoms with Gasteiger partial charge in [-0.1, -0.05) is 0 Å². The lowest BCUT2D eigenvalue weighted by molar-refractivity contribution is -0.138. The zero-order chi connectivity index (χ0) is 19.3. The van der Waals surface area contributed by atoms with Gasteiger partial charge in [-0.2, -0.15) is 5.10 Å². The van der Waals surface area contributed by atoms with Gasteiger partial charge in [0.1, 0.15) is 12.4 Å². The standard InChI is InChI=1S/C21H22N4O3/c1-27-12-21(26)24-14-5-8-18(24)16-11-22-20-10-17(23-25(20)19(16)9-14)13-3-6-15(28-2)7-4-13/h3-4,6-7,10-11,14,18H,5,8-9,12H2,1-2H3/t14-,18+/m1/s1. The maximum Gasteiger partial charge on any atom is 0.249 e. The Morgan fingerprint density at radius 3 is 2.79 bits per heavy atom. The number of methoxy groups -OCH3 is 2. The highest BCUT2D eigenvalue weighted by Crippen LogP contribution is 2.43. The molecule has 0 aliphatic carbocycles. The van der Waals surface area contributed by atoms with E-state index in [2.05, 4.69) is 4.98 Å². The molecule has 0 unspecified atom stereocenters. The van der Waals surface area contributed by atoms with Crippen LogP contribution in [0.2, 0.25) is 0 Å². The third-order valence-electron chi connectivity index (χ3n) is 5.85. The largest absolute Gasteiger partial charge is 0.497 e. The van der Waals surface area contributed by atoms with Crippen LogP contribution in [0.5, 0.6) is 5.75 Å². The van der Waals surface area contributed by atoms with Gasteiger partial charge in [-0.3, -0.25) is 4.79 Å². The normalized spacial score (nSPS) is 20.4. The molecule has 5 rings (SSSR count). The molecule has 0 N–H and O–H groups in total. The van der Waals surface area contributed by atoms with Crippen molar-refractivity contribution in [2.75, 3.05) is 20.8 Å². The van der Waals surface area contributed by atoms with E-state index in [0.717, 1.165) is 47.5 Å². The van der Waals surface area contributed by atoms with Gasteiger partial charge in [0, 0.05) is 43.0 Å². The monoisotopic (exact) mass is 378 g/mol. The smallest absolute Gasteiger partial charge is 0.249 e. The summed E-state index contributed by atoms with van der Waals surface area (Å²) in [6, 6.07) is 10.2. The van der Waals surface area contributed by atoms with Crippen LogP contribution >= 0.6 is 0 Å². The van der Waals surface area contributed by atoms with Crippen LogP contribution in [-0.2, 0) is 16.0 Å². The van der Waals surface area contributed by atoms with Crippen LogP contribution in [-0.4, -0.2) is 52.3 Å². The van der Waals surface area contributed by atoms with E-state index in [1.54, 1.807) is 14.2 Å². The Balaban J connectivity index is 1.55. The number of fused-ring (bicyclic) bond motifs is 6. The molecule has 1 fully saturated rings. The summed E-state index contributed by atoms with van der Waals surface area (Å²) >= 11 is 0. The van der Waals surface area contributed by atoms with Gasteiger partial charge in [-0.25, -0.2) is 9.50 Å². The predicted molar refractivity (Wildman–Crippen MR) is 103 cm³/mol. The van der Waals surface area contributed by atoms with Crippen LogP contribution in [0.4, 0.5) is 0 Å². The Hall–Kier alpha value is -2.93. The van der Waals surface area contributed by atoms with Gasteiger partial charge in [0.05, 0.1) is 24.5 Å². The zero-order valence-electron chi connectivity index (χ0n) is 16.0. The maximum atomic E-state index is 12.5. The number of carbonyl (C=O) groups is 1. The van der Waals surface area contributed by atoms with Crippen molar-refractivity contribution in [2.45, 2.75) is 31.3 Å². The van der Waals surface area contributed by atoms with Crippen LogP contribution in [0.3, 0.4) is 0 Å². The summed E-state index contributed by atoms with van der Waals surface area (Å²) in [7, 11) is 3.22. The number of hydrogen-bond donors (Lipinski definition) is 0. The molecule has 7 heteroatoms. The number of hydrogen-bond acceptors (Lipinski definition) is 5. The molecule has 2 aromatic heterocycles. The highest BCUT2D eigenvalue weighted by Gasteiger charge is 2.43. The fraction of sp³-hybridized carbons (Fsp3) is 0.381. The summed E-state index contributed by atoms with van der Waals surface area (Å²) in [5.41, 5.74) is 5.01. The Morgan fingerprint density at radius 1 is 1.21 bits per heavy atom. The van der Waals surface area contributed by atoms with Gasteiger partial charge >= 0.3 is 0 Å². The minimum absolute atomic E-state index is 0.0557. The SMILES string of the molecule is COCC(=O)N1[C@@H]2CC[C@H]1c1cnc3cc(-c4ccc(OC)cc4)nn3c1C2. The molecule has 0 saturated carbocycles. The number of benzene rings is 1. The van der Waals surface area contributed by atoms with Crippen molar-refractivity contribution >= 4 is 11.6 Å². The van der Waals surface area contributed by atoms with Crippen LogP contribution in [0.15, 0.2) is 36.5 Å². The molecule has 4 heterocycles. The van der Waals surface area contributed by atoms with Gasteiger partial charge in [-0.15, -0.1) is 0 Å². The van der Waals surface area contributed by atoms with E-state index in [1.165, 1.54) is 5.69 Å². The van der Waals surface area contributed by atoms with Crippen molar-refractivity contribution in [1.29, 1.82) is 0 Å². The van der Waals surface area contributed by atoms with E-state index >= 15 is 0 Å². The number of aromatic nitrogens is 3. The summed E-state index contributed by atoms with van der Waals surface area (Å²) < 4.78 is 12.3. The molecule has 144 valence electrons. The van der Waals surface area contributed by atoms with E-state index in [9.17, 15) is 4.79 Å². The average molecular weight is 378 g/mol. The van der Waals surface area contributed by atoms with E-state index in [1.807, 2.05) is 45.9 Å². The molecule has 1 saturated heterocycles. The summed E-state index contributed by atoms with van der Waals surface area (Å²) in [6.45, 7) is 0.126. The Kier molecular flexibility index (Phi) is 4.05. The van der Waals surface area contributed by atoms with Gasteiger partial charge in [0.15, 0.2) is 5.65 Å². The topological polar surface area (TPSA) is 69.0 Å². The van der Waals surface area contributed by atoms with Crippen molar-refractivity contribution < 1.29 is 14.3 Å². The summed E-state index contributed by atoms with van der Waals surface area (Å²) in [5, 5.41) is 4.84. The van der Waals surface area contributed by atoms with E-state index < -0.39 is 0 Å².